The summed E-state index contributed by atoms with van der Waals surface area (Å²) in [6, 6.07) is 12.8. The molecule has 1 aliphatic heterocycles. The monoisotopic (exact) mass is 434 g/mol. The van der Waals surface area contributed by atoms with Crippen LogP contribution >= 0.6 is 0 Å². The van der Waals surface area contributed by atoms with Crippen molar-refractivity contribution in [3.05, 3.63) is 54.1 Å². The van der Waals surface area contributed by atoms with E-state index in [0.717, 1.165) is 5.56 Å². The van der Waals surface area contributed by atoms with Gasteiger partial charge in [-0.2, -0.15) is 5.10 Å². The van der Waals surface area contributed by atoms with Gasteiger partial charge in [0.05, 0.1) is 26.3 Å². The molecule has 1 aromatic heterocycles. The lowest BCUT2D eigenvalue weighted by Gasteiger charge is -2.23. The number of carbonyl (C=O) groups excluding carboxylic acids is 3. The van der Waals surface area contributed by atoms with Crippen LogP contribution in [0.2, 0.25) is 0 Å². The maximum atomic E-state index is 13.0. The van der Waals surface area contributed by atoms with E-state index in [0.29, 0.717) is 34.3 Å². The van der Waals surface area contributed by atoms with Crippen LogP contribution in [0.3, 0.4) is 0 Å². The number of nitrogens with one attached hydrogen (secondary N) is 2. The lowest BCUT2D eigenvalue weighted by Crippen LogP contribution is -2.35. The van der Waals surface area contributed by atoms with E-state index >= 15 is 0 Å². The summed E-state index contributed by atoms with van der Waals surface area (Å²) in [5.41, 5.74) is 2.40. The summed E-state index contributed by atoms with van der Waals surface area (Å²) in [7, 11) is 3.10. The smallest absolute Gasteiger partial charge is 0.249 e. The zero-order chi connectivity index (χ0) is 22.8. The number of benzene rings is 2. The number of hydrogen-bond acceptors (Lipinski definition) is 6. The van der Waals surface area contributed by atoms with Gasteiger partial charge in [-0.25, -0.2) is 4.68 Å². The highest BCUT2D eigenvalue weighted by Crippen LogP contribution is 2.35. The molecule has 3 aromatic rings. The van der Waals surface area contributed by atoms with Crippen LogP contribution in [0.4, 0.5) is 11.5 Å². The number of fused-ring (bicyclic) bond motifs is 1. The van der Waals surface area contributed by atoms with Crippen LogP contribution in [0.5, 0.6) is 11.5 Å². The molecule has 0 saturated heterocycles. The molecule has 9 heteroatoms. The first kappa shape index (κ1) is 21.1. The van der Waals surface area contributed by atoms with Crippen molar-refractivity contribution in [2.45, 2.75) is 19.4 Å². The maximum Gasteiger partial charge on any atom is 0.249 e. The summed E-state index contributed by atoms with van der Waals surface area (Å²) in [4.78, 5) is 36.6. The van der Waals surface area contributed by atoms with Gasteiger partial charge in [-0.1, -0.05) is 0 Å². The zero-order valence-electron chi connectivity index (χ0n) is 17.8. The van der Waals surface area contributed by atoms with Crippen molar-refractivity contribution in [2.75, 3.05) is 24.9 Å². The fraction of sp³-hybridized carbons (Fsp3) is 0.217. The summed E-state index contributed by atoms with van der Waals surface area (Å²) in [6.07, 6.45) is -0.0442. The van der Waals surface area contributed by atoms with E-state index in [1.165, 1.54) is 11.6 Å². The topological polar surface area (TPSA) is 112 Å². The van der Waals surface area contributed by atoms with Crippen molar-refractivity contribution < 1.29 is 23.9 Å². The highest BCUT2D eigenvalue weighted by molar-refractivity contribution is 6.02. The molecule has 164 valence electrons. The minimum Gasteiger partial charge on any atom is -0.493 e. The minimum absolute atomic E-state index is 0.0442. The number of hydrogen-bond donors (Lipinski definition) is 2. The Bertz CT molecular complexity index is 1200. The second-order valence-electron chi connectivity index (χ2n) is 7.32. The molecule has 1 atom stereocenters. The molecule has 2 amide bonds. The molecule has 4 rings (SSSR count). The summed E-state index contributed by atoms with van der Waals surface area (Å²) in [5.74, 6) is 0.848. The number of aromatic nitrogens is 2. The number of ketones is 1. The Morgan fingerprint density at radius 1 is 1.06 bits per heavy atom. The third-order valence-electron chi connectivity index (χ3n) is 5.22. The molecule has 0 radical (unpaired) electrons. The van der Waals surface area contributed by atoms with Gasteiger partial charge in [-0.15, -0.1) is 0 Å². The molecule has 2 N–H and O–H groups in total. The van der Waals surface area contributed by atoms with Crippen LogP contribution in [0, 0.1) is 0 Å². The van der Waals surface area contributed by atoms with E-state index in [1.807, 2.05) is 6.07 Å². The van der Waals surface area contributed by atoms with Crippen molar-refractivity contribution >= 4 is 29.1 Å². The van der Waals surface area contributed by atoms with Crippen molar-refractivity contribution in [1.82, 2.24) is 9.78 Å². The number of carbonyl (C=O) groups is 3. The molecule has 32 heavy (non-hydrogen) atoms. The Hall–Kier alpha value is -4.14. The van der Waals surface area contributed by atoms with Gasteiger partial charge in [-0.05, 0) is 49.4 Å². The quantitative estimate of drug-likeness (QED) is 0.576. The third-order valence-corrected chi connectivity index (χ3v) is 5.22. The Kier molecular flexibility index (Phi) is 5.63. The number of Topliss-reactive ketones (excluding diaryl/α,β-unsaturated/α-hetero) is 1. The minimum atomic E-state index is -0.819. The van der Waals surface area contributed by atoms with Gasteiger partial charge in [-0.3, -0.25) is 14.4 Å². The van der Waals surface area contributed by atoms with Crippen molar-refractivity contribution in [2.24, 2.45) is 0 Å². The molecule has 2 heterocycles. The molecule has 1 aliphatic rings. The SMILES string of the molecule is COc1ccc(-c2cc3n(n2)[C@H](C(=O)Nc2ccc(C(C)=O)cc2)CC(=O)N3)cc1OC. The van der Waals surface area contributed by atoms with Crippen molar-refractivity contribution in [1.29, 1.82) is 0 Å². The number of ether oxygens (including phenoxy) is 2. The molecule has 0 saturated carbocycles. The van der Waals surface area contributed by atoms with Crippen LogP contribution in [0.25, 0.3) is 11.3 Å². The molecule has 0 aliphatic carbocycles. The number of anilines is 2. The molecule has 9 nitrogen and oxygen atoms in total. The Balaban J connectivity index is 1.61. The Morgan fingerprint density at radius 3 is 2.44 bits per heavy atom. The predicted molar refractivity (Wildman–Crippen MR) is 118 cm³/mol. The standard InChI is InChI=1S/C23H22N4O5/c1-13(28)14-4-7-16(8-5-14)24-23(30)18-12-22(29)25-21-11-17(26-27(18)21)15-6-9-19(31-2)20(10-15)32-3/h4-11,18H,12H2,1-3H3,(H,24,30)(H,25,29)/t18-/m0/s1. The van der Waals surface area contributed by atoms with E-state index in [1.54, 1.807) is 56.7 Å². The van der Waals surface area contributed by atoms with Crippen LogP contribution in [0.15, 0.2) is 48.5 Å². The van der Waals surface area contributed by atoms with Gasteiger partial charge in [0, 0.05) is 22.9 Å². The third kappa shape index (κ3) is 4.04. The second-order valence-corrected chi connectivity index (χ2v) is 7.32. The largest absolute Gasteiger partial charge is 0.493 e. The number of nitrogens with zero attached hydrogens (tertiary/aromatic N) is 2. The van der Waals surface area contributed by atoms with E-state index < -0.39 is 6.04 Å². The van der Waals surface area contributed by atoms with Crippen LogP contribution in [-0.2, 0) is 9.59 Å². The summed E-state index contributed by atoms with van der Waals surface area (Å²) in [5, 5.41) is 10.1. The van der Waals surface area contributed by atoms with Gasteiger partial charge in [0.2, 0.25) is 11.8 Å². The lowest BCUT2D eigenvalue weighted by atomic mass is 10.1. The Labute approximate surface area is 184 Å². The molecule has 0 unspecified atom stereocenters. The maximum absolute atomic E-state index is 13.0. The van der Waals surface area contributed by atoms with Gasteiger partial charge >= 0.3 is 0 Å². The summed E-state index contributed by atoms with van der Waals surface area (Å²) in [6.45, 7) is 1.48. The van der Waals surface area contributed by atoms with Gasteiger partial charge in [0.1, 0.15) is 11.9 Å². The normalized spacial score (nSPS) is 14.8. The highest BCUT2D eigenvalue weighted by Gasteiger charge is 2.32. The molecule has 0 spiro atoms. The molecule has 0 bridgehead atoms. The van der Waals surface area contributed by atoms with Gasteiger partial charge < -0.3 is 20.1 Å². The van der Waals surface area contributed by atoms with Crippen molar-refractivity contribution in [3.8, 4) is 22.8 Å². The summed E-state index contributed by atoms with van der Waals surface area (Å²) >= 11 is 0. The number of methoxy groups -OCH3 is 2. The second kappa shape index (κ2) is 8.54. The first-order valence-electron chi connectivity index (χ1n) is 9.93. The van der Waals surface area contributed by atoms with Crippen molar-refractivity contribution in [3.63, 3.8) is 0 Å². The van der Waals surface area contributed by atoms with E-state index in [4.69, 9.17) is 9.47 Å². The first-order chi connectivity index (χ1) is 15.4. The fourth-order valence-corrected chi connectivity index (χ4v) is 3.54. The molecular weight excluding hydrogens is 412 g/mol. The van der Waals surface area contributed by atoms with Crippen LogP contribution in [-0.4, -0.2) is 41.6 Å². The van der Waals surface area contributed by atoms with Crippen LogP contribution < -0.4 is 20.1 Å². The molecular formula is C23H22N4O5. The average molecular weight is 434 g/mol. The lowest BCUT2D eigenvalue weighted by molar-refractivity contribution is -0.125. The molecule has 0 fully saturated rings. The molecule has 2 aromatic carbocycles. The zero-order valence-corrected chi connectivity index (χ0v) is 17.8. The average Bonchev–Trinajstić information content (AvgIpc) is 3.22. The van der Waals surface area contributed by atoms with Crippen LogP contribution in [0.1, 0.15) is 29.7 Å². The van der Waals surface area contributed by atoms with E-state index in [-0.39, 0.29) is 24.0 Å². The van der Waals surface area contributed by atoms with Gasteiger partial charge in [0.15, 0.2) is 17.3 Å². The number of amides is 2. The Morgan fingerprint density at radius 2 is 1.78 bits per heavy atom. The fourth-order valence-electron chi connectivity index (χ4n) is 3.54. The number of rotatable bonds is 6. The van der Waals surface area contributed by atoms with E-state index in [2.05, 4.69) is 15.7 Å². The van der Waals surface area contributed by atoms with E-state index in [9.17, 15) is 14.4 Å². The predicted octanol–water partition coefficient (Wildman–Crippen LogP) is 3.29. The van der Waals surface area contributed by atoms with Gasteiger partial charge in [0.25, 0.3) is 0 Å². The highest BCUT2D eigenvalue weighted by atomic mass is 16.5. The summed E-state index contributed by atoms with van der Waals surface area (Å²) < 4.78 is 12.1. The first-order valence-corrected chi connectivity index (χ1v) is 9.93.